The molecule has 2 nitrogen and oxygen atoms in total. The molecule has 1 aliphatic rings. The van der Waals surface area contributed by atoms with Crippen molar-refractivity contribution < 1.29 is 4.74 Å². The van der Waals surface area contributed by atoms with Crippen LogP contribution < -0.4 is 5.73 Å². The maximum atomic E-state index is 6.22. The molecule has 0 saturated carbocycles. The molecule has 0 aliphatic carbocycles. The molecule has 0 amide bonds. The van der Waals surface area contributed by atoms with Crippen molar-refractivity contribution in [3.8, 4) is 0 Å². The average Bonchev–Trinajstić information content (AvgIpc) is 2.04. The van der Waals surface area contributed by atoms with Crippen molar-refractivity contribution in [1.82, 2.24) is 0 Å². The molecular formula is C11H23NO. The maximum absolute atomic E-state index is 6.22. The Bertz CT molecular complexity index is 139. The zero-order valence-electron chi connectivity index (χ0n) is 9.01. The van der Waals surface area contributed by atoms with Crippen molar-refractivity contribution >= 4 is 0 Å². The molecule has 13 heavy (non-hydrogen) atoms. The van der Waals surface area contributed by atoms with Crippen molar-refractivity contribution in [2.75, 3.05) is 13.2 Å². The van der Waals surface area contributed by atoms with E-state index in [0.717, 1.165) is 25.6 Å². The summed E-state index contributed by atoms with van der Waals surface area (Å²) < 4.78 is 5.33. The van der Waals surface area contributed by atoms with E-state index in [1.807, 2.05) is 0 Å². The SMILES string of the molecule is CCCC(C)(N)CC1CCOCC1. The zero-order chi connectivity index (χ0) is 9.73. The van der Waals surface area contributed by atoms with Gasteiger partial charge in [0.05, 0.1) is 0 Å². The summed E-state index contributed by atoms with van der Waals surface area (Å²) in [7, 11) is 0. The number of rotatable bonds is 4. The Morgan fingerprint density at radius 1 is 1.38 bits per heavy atom. The normalized spacial score (nSPS) is 24.2. The van der Waals surface area contributed by atoms with E-state index in [0.29, 0.717) is 0 Å². The second-order valence-electron chi connectivity index (χ2n) is 4.66. The van der Waals surface area contributed by atoms with E-state index in [1.165, 1.54) is 25.7 Å². The van der Waals surface area contributed by atoms with Crippen LogP contribution in [0, 0.1) is 5.92 Å². The highest BCUT2D eigenvalue weighted by Crippen LogP contribution is 2.26. The quantitative estimate of drug-likeness (QED) is 0.729. The molecule has 1 saturated heterocycles. The van der Waals surface area contributed by atoms with Gasteiger partial charge in [0.2, 0.25) is 0 Å². The molecule has 2 heteroatoms. The van der Waals surface area contributed by atoms with E-state index in [4.69, 9.17) is 10.5 Å². The van der Waals surface area contributed by atoms with Gasteiger partial charge in [0, 0.05) is 18.8 Å². The highest BCUT2D eigenvalue weighted by molar-refractivity contribution is 4.82. The van der Waals surface area contributed by atoms with Crippen molar-refractivity contribution in [2.24, 2.45) is 11.7 Å². The van der Waals surface area contributed by atoms with E-state index in [1.54, 1.807) is 0 Å². The first-order valence-corrected chi connectivity index (χ1v) is 5.50. The first-order chi connectivity index (χ1) is 6.14. The first kappa shape index (κ1) is 11.0. The van der Waals surface area contributed by atoms with Crippen molar-refractivity contribution in [3.63, 3.8) is 0 Å². The number of hydrogen-bond acceptors (Lipinski definition) is 2. The van der Waals surface area contributed by atoms with Crippen molar-refractivity contribution in [1.29, 1.82) is 0 Å². The predicted octanol–water partition coefficient (Wildman–Crippen LogP) is 2.32. The van der Waals surface area contributed by atoms with Gasteiger partial charge in [0.1, 0.15) is 0 Å². The third-order valence-corrected chi connectivity index (χ3v) is 2.92. The molecule has 0 aromatic heterocycles. The Hall–Kier alpha value is -0.0800. The molecule has 1 aliphatic heterocycles. The second kappa shape index (κ2) is 4.97. The molecular weight excluding hydrogens is 162 g/mol. The van der Waals surface area contributed by atoms with Gasteiger partial charge in [-0.25, -0.2) is 0 Å². The molecule has 0 spiro atoms. The van der Waals surface area contributed by atoms with E-state index >= 15 is 0 Å². The third-order valence-electron chi connectivity index (χ3n) is 2.92. The van der Waals surface area contributed by atoms with Gasteiger partial charge in [-0.2, -0.15) is 0 Å². The van der Waals surface area contributed by atoms with Gasteiger partial charge >= 0.3 is 0 Å². The second-order valence-corrected chi connectivity index (χ2v) is 4.66. The molecule has 0 radical (unpaired) electrons. The summed E-state index contributed by atoms with van der Waals surface area (Å²) in [6.07, 6.45) is 5.91. The van der Waals surface area contributed by atoms with Gasteiger partial charge in [-0.05, 0) is 38.5 Å². The molecule has 78 valence electrons. The molecule has 0 aromatic rings. The Morgan fingerprint density at radius 3 is 2.54 bits per heavy atom. The fraction of sp³-hybridized carbons (Fsp3) is 1.00. The van der Waals surface area contributed by atoms with Crippen LogP contribution in [0.2, 0.25) is 0 Å². The summed E-state index contributed by atoms with van der Waals surface area (Å²) in [5.74, 6) is 0.801. The Labute approximate surface area is 81.8 Å². The van der Waals surface area contributed by atoms with Crippen molar-refractivity contribution in [2.45, 2.75) is 51.5 Å². The highest BCUT2D eigenvalue weighted by Gasteiger charge is 2.24. The van der Waals surface area contributed by atoms with Gasteiger partial charge in [-0.3, -0.25) is 0 Å². The number of ether oxygens (including phenoxy) is 1. The lowest BCUT2D eigenvalue weighted by Gasteiger charge is -2.31. The van der Waals surface area contributed by atoms with Crippen molar-refractivity contribution in [3.05, 3.63) is 0 Å². The summed E-state index contributed by atoms with van der Waals surface area (Å²) in [6, 6.07) is 0. The number of nitrogens with two attached hydrogens (primary N) is 1. The highest BCUT2D eigenvalue weighted by atomic mass is 16.5. The van der Waals surface area contributed by atoms with Crippen LogP contribution in [0.15, 0.2) is 0 Å². The van der Waals surface area contributed by atoms with Gasteiger partial charge in [0.25, 0.3) is 0 Å². The van der Waals surface area contributed by atoms with Gasteiger partial charge < -0.3 is 10.5 Å². The lowest BCUT2D eigenvalue weighted by molar-refractivity contribution is 0.0566. The monoisotopic (exact) mass is 185 g/mol. The average molecular weight is 185 g/mol. The molecule has 1 fully saturated rings. The maximum Gasteiger partial charge on any atom is 0.0468 e. The minimum absolute atomic E-state index is 0.0523. The summed E-state index contributed by atoms with van der Waals surface area (Å²) in [5.41, 5.74) is 6.27. The Morgan fingerprint density at radius 2 is 2.00 bits per heavy atom. The Kier molecular flexibility index (Phi) is 4.20. The van der Waals surface area contributed by atoms with Crippen LogP contribution >= 0.6 is 0 Å². The standard InChI is InChI=1S/C11H23NO/c1-3-6-11(2,12)9-10-4-7-13-8-5-10/h10H,3-9,12H2,1-2H3. The third kappa shape index (κ3) is 4.10. The summed E-state index contributed by atoms with van der Waals surface area (Å²) >= 11 is 0. The Balaban J connectivity index is 2.28. The van der Waals surface area contributed by atoms with Crippen LogP contribution in [-0.2, 0) is 4.74 Å². The lowest BCUT2D eigenvalue weighted by atomic mass is 9.83. The van der Waals surface area contributed by atoms with Crippen LogP contribution in [0.1, 0.15) is 46.0 Å². The fourth-order valence-corrected chi connectivity index (χ4v) is 2.28. The number of hydrogen-bond donors (Lipinski definition) is 1. The molecule has 1 atom stereocenters. The van der Waals surface area contributed by atoms with Gasteiger partial charge in [-0.15, -0.1) is 0 Å². The van der Waals surface area contributed by atoms with Crippen LogP contribution in [0.3, 0.4) is 0 Å². The minimum atomic E-state index is 0.0523. The fourth-order valence-electron chi connectivity index (χ4n) is 2.28. The van der Waals surface area contributed by atoms with Crippen LogP contribution in [0.25, 0.3) is 0 Å². The predicted molar refractivity (Wildman–Crippen MR) is 55.7 cm³/mol. The first-order valence-electron chi connectivity index (χ1n) is 5.50. The zero-order valence-corrected chi connectivity index (χ0v) is 9.01. The van der Waals surface area contributed by atoms with Crippen LogP contribution in [0.4, 0.5) is 0 Å². The van der Waals surface area contributed by atoms with E-state index in [9.17, 15) is 0 Å². The molecule has 1 rings (SSSR count). The molecule has 0 aromatic carbocycles. The van der Waals surface area contributed by atoms with Gasteiger partial charge in [0.15, 0.2) is 0 Å². The summed E-state index contributed by atoms with van der Waals surface area (Å²) in [6.45, 7) is 6.26. The molecule has 1 heterocycles. The topological polar surface area (TPSA) is 35.2 Å². The van der Waals surface area contributed by atoms with Crippen LogP contribution in [-0.4, -0.2) is 18.8 Å². The van der Waals surface area contributed by atoms with E-state index in [-0.39, 0.29) is 5.54 Å². The smallest absolute Gasteiger partial charge is 0.0468 e. The summed E-state index contributed by atoms with van der Waals surface area (Å²) in [4.78, 5) is 0. The summed E-state index contributed by atoms with van der Waals surface area (Å²) in [5, 5.41) is 0. The van der Waals surface area contributed by atoms with Crippen LogP contribution in [0.5, 0.6) is 0 Å². The molecule has 0 bridgehead atoms. The van der Waals surface area contributed by atoms with E-state index < -0.39 is 0 Å². The lowest BCUT2D eigenvalue weighted by Crippen LogP contribution is -2.39. The molecule has 2 N–H and O–H groups in total. The minimum Gasteiger partial charge on any atom is -0.381 e. The largest absolute Gasteiger partial charge is 0.381 e. The molecule has 1 unspecified atom stereocenters. The van der Waals surface area contributed by atoms with Gasteiger partial charge in [-0.1, -0.05) is 13.3 Å². The van der Waals surface area contributed by atoms with E-state index in [2.05, 4.69) is 13.8 Å².